The van der Waals surface area contributed by atoms with Crippen LogP contribution in [0.2, 0.25) is 0 Å². The molecule has 1 fully saturated rings. The summed E-state index contributed by atoms with van der Waals surface area (Å²) >= 11 is 0. The predicted octanol–water partition coefficient (Wildman–Crippen LogP) is 0.991. The van der Waals surface area contributed by atoms with Gasteiger partial charge in [-0.2, -0.15) is 0 Å². The van der Waals surface area contributed by atoms with Crippen LogP contribution < -0.4 is 10.1 Å². The van der Waals surface area contributed by atoms with E-state index in [9.17, 15) is 4.79 Å². The van der Waals surface area contributed by atoms with Crippen LogP contribution >= 0.6 is 0 Å². The fourth-order valence-corrected chi connectivity index (χ4v) is 3.31. The first kappa shape index (κ1) is 16.3. The van der Waals surface area contributed by atoms with Crippen molar-refractivity contribution in [3.63, 3.8) is 0 Å². The Bertz CT molecular complexity index is 527. The maximum atomic E-state index is 12.3. The Morgan fingerprint density at radius 1 is 1.22 bits per heavy atom. The van der Waals surface area contributed by atoms with Crippen LogP contribution in [0.3, 0.4) is 0 Å². The van der Waals surface area contributed by atoms with Crippen LogP contribution in [0.1, 0.15) is 12.5 Å². The number of likely N-dealkylation sites (N-methyl/N-ethyl adjacent to an activating group) is 1. The molecule has 1 aromatic rings. The molecule has 1 aromatic carbocycles. The van der Waals surface area contributed by atoms with Crippen molar-refractivity contribution in [1.82, 2.24) is 15.1 Å². The highest BCUT2D eigenvalue weighted by Crippen LogP contribution is 2.26. The van der Waals surface area contributed by atoms with Crippen molar-refractivity contribution in [1.29, 1.82) is 0 Å². The third kappa shape index (κ3) is 4.24. The number of amides is 1. The highest BCUT2D eigenvalue weighted by molar-refractivity contribution is 5.79. The lowest BCUT2D eigenvalue weighted by molar-refractivity contribution is -0.126. The molecule has 1 unspecified atom stereocenters. The minimum atomic E-state index is -0.0677. The van der Waals surface area contributed by atoms with Gasteiger partial charge in [0.05, 0.1) is 5.92 Å². The lowest BCUT2D eigenvalue weighted by Crippen LogP contribution is -2.48. The van der Waals surface area contributed by atoms with Gasteiger partial charge in [-0.05, 0) is 24.6 Å². The molecule has 0 saturated carbocycles. The van der Waals surface area contributed by atoms with E-state index in [2.05, 4.69) is 22.0 Å². The molecular formula is C18H27N3O2. The number of ether oxygens (including phenoxy) is 1. The minimum absolute atomic E-state index is 0.0677. The van der Waals surface area contributed by atoms with Crippen LogP contribution in [0.15, 0.2) is 24.3 Å². The molecular weight excluding hydrogens is 290 g/mol. The first-order chi connectivity index (χ1) is 11.3. The molecule has 0 aromatic heterocycles. The van der Waals surface area contributed by atoms with Crippen LogP contribution in [-0.2, 0) is 11.2 Å². The van der Waals surface area contributed by atoms with Crippen molar-refractivity contribution in [2.75, 3.05) is 52.4 Å². The highest BCUT2D eigenvalue weighted by Gasteiger charge is 2.25. The molecule has 1 N–H and O–H groups in total. The van der Waals surface area contributed by atoms with E-state index in [1.54, 1.807) is 0 Å². The average molecular weight is 317 g/mol. The Hall–Kier alpha value is -1.59. The number of para-hydroxylation sites is 1. The first-order valence-corrected chi connectivity index (χ1v) is 8.69. The van der Waals surface area contributed by atoms with Gasteiger partial charge in [-0.1, -0.05) is 25.1 Å². The molecule has 0 radical (unpaired) electrons. The number of benzene rings is 1. The number of carbonyl (C=O) groups is 1. The van der Waals surface area contributed by atoms with E-state index >= 15 is 0 Å². The molecule has 5 nitrogen and oxygen atoms in total. The Kier molecular flexibility index (Phi) is 5.51. The summed E-state index contributed by atoms with van der Waals surface area (Å²) in [7, 11) is 0. The summed E-state index contributed by atoms with van der Waals surface area (Å²) in [4.78, 5) is 17.2. The summed E-state index contributed by atoms with van der Waals surface area (Å²) in [5.74, 6) is 0.971. The number of nitrogens with zero attached hydrogens (tertiary/aromatic N) is 2. The second-order valence-electron chi connectivity index (χ2n) is 6.39. The zero-order valence-corrected chi connectivity index (χ0v) is 14.0. The lowest BCUT2D eigenvalue weighted by Gasteiger charge is -2.34. The van der Waals surface area contributed by atoms with E-state index < -0.39 is 0 Å². The number of carbonyl (C=O) groups excluding carboxylic acids is 1. The van der Waals surface area contributed by atoms with Crippen molar-refractivity contribution in [3.8, 4) is 5.75 Å². The molecule has 2 heterocycles. The topological polar surface area (TPSA) is 44.8 Å². The lowest BCUT2D eigenvalue weighted by atomic mass is 9.96. The molecule has 23 heavy (non-hydrogen) atoms. The first-order valence-electron chi connectivity index (χ1n) is 8.69. The van der Waals surface area contributed by atoms with Crippen molar-refractivity contribution in [2.45, 2.75) is 13.3 Å². The fraction of sp³-hybridized carbons (Fsp3) is 0.611. The second kappa shape index (κ2) is 7.79. The number of fused-ring (bicyclic) bond motifs is 1. The molecule has 126 valence electrons. The summed E-state index contributed by atoms with van der Waals surface area (Å²) in [5, 5.41) is 3.08. The molecule has 1 saturated heterocycles. The molecule has 3 rings (SSSR count). The average Bonchev–Trinajstić information content (AvgIpc) is 2.61. The van der Waals surface area contributed by atoms with Gasteiger partial charge in [0.25, 0.3) is 0 Å². The van der Waals surface area contributed by atoms with E-state index in [0.29, 0.717) is 6.61 Å². The Morgan fingerprint density at radius 2 is 1.96 bits per heavy atom. The predicted molar refractivity (Wildman–Crippen MR) is 90.7 cm³/mol. The maximum Gasteiger partial charge on any atom is 0.226 e. The summed E-state index contributed by atoms with van der Waals surface area (Å²) in [6, 6.07) is 7.98. The monoisotopic (exact) mass is 317 g/mol. The van der Waals surface area contributed by atoms with E-state index in [4.69, 9.17) is 4.74 Å². The van der Waals surface area contributed by atoms with Crippen molar-refractivity contribution in [3.05, 3.63) is 29.8 Å². The zero-order valence-electron chi connectivity index (χ0n) is 14.0. The Labute approximate surface area is 138 Å². The van der Waals surface area contributed by atoms with Gasteiger partial charge in [0.1, 0.15) is 12.4 Å². The van der Waals surface area contributed by atoms with E-state index in [-0.39, 0.29) is 11.8 Å². The van der Waals surface area contributed by atoms with Gasteiger partial charge in [-0.15, -0.1) is 0 Å². The summed E-state index contributed by atoms with van der Waals surface area (Å²) < 4.78 is 5.70. The molecule has 1 atom stereocenters. The van der Waals surface area contributed by atoms with Crippen LogP contribution in [0, 0.1) is 5.92 Å². The molecule has 0 spiro atoms. The van der Waals surface area contributed by atoms with E-state index in [0.717, 1.165) is 63.5 Å². The second-order valence-corrected chi connectivity index (χ2v) is 6.39. The number of nitrogens with one attached hydrogen (secondary N) is 1. The van der Waals surface area contributed by atoms with Gasteiger partial charge < -0.3 is 15.0 Å². The largest absolute Gasteiger partial charge is 0.492 e. The van der Waals surface area contributed by atoms with Crippen molar-refractivity contribution >= 4 is 5.91 Å². The molecule has 1 amide bonds. The van der Waals surface area contributed by atoms with Crippen LogP contribution in [0.5, 0.6) is 5.75 Å². The van der Waals surface area contributed by atoms with E-state index in [1.807, 2.05) is 24.3 Å². The highest BCUT2D eigenvalue weighted by atomic mass is 16.5. The van der Waals surface area contributed by atoms with Crippen LogP contribution in [0.25, 0.3) is 0 Å². The molecule has 2 aliphatic heterocycles. The molecule has 5 heteroatoms. The quantitative estimate of drug-likeness (QED) is 0.880. The van der Waals surface area contributed by atoms with Gasteiger partial charge in [0.2, 0.25) is 5.91 Å². The summed E-state index contributed by atoms with van der Waals surface area (Å²) in [6.07, 6.45) is 0.775. The minimum Gasteiger partial charge on any atom is -0.492 e. The van der Waals surface area contributed by atoms with Gasteiger partial charge in [-0.25, -0.2) is 0 Å². The van der Waals surface area contributed by atoms with Crippen LogP contribution in [0.4, 0.5) is 0 Å². The maximum absolute atomic E-state index is 12.3. The number of hydrogen-bond donors (Lipinski definition) is 1. The normalized spacial score (nSPS) is 22.2. The summed E-state index contributed by atoms with van der Waals surface area (Å²) in [6.45, 7) is 9.96. The third-order valence-corrected chi connectivity index (χ3v) is 4.89. The summed E-state index contributed by atoms with van der Waals surface area (Å²) in [5.41, 5.74) is 1.13. The number of rotatable bonds is 5. The van der Waals surface area contributed by atoms with Crippen LogP contribution in [-0.4, -0.2) is 68.1 Å². The van der Waals surface area contributed by atoms with Crippen molar-refractivity contribution < 1.29 is 9.53 Å². The zero-order chi connectivity index (χ0) is 16.1. The van der Waals surface area contributed by atoms with Crippen molar-refractivity contribution in [2.24, 2.45) is 5.92 Å². The smallest absolute Gasteiger partial charge is 0.226 e. The standard InChI is InChI=1S/C18H27N3O2/c1-2-20-9-11-21(12-10-20)8-7-19-18(22)16-13-15-5-3-4-6-17(15)23-14-16/h3-6,16H,2,7-14H2,1H3,(H,19,22). The Morgan fingerprint density at radius 3 is 2.74 bits per heavy atom. The fourth-order valence-electron chi connectivity index (χ4n) is 3.31. The van der Waals surface area contributed by atoms with Gasteiger partial charge >= 0.3 is 0 Å². The Balaban J connectivity index is 1.39. The molecule has 0 aliphatic carbocycles. The van der Waals surface area contributed by atoms with Gasteiger partial charge in [-0.3, -0.25) is 9.69 Å². The number of hydrogen-bond acceptors (Lipinski definition) is 4. The van der Waals surface area contributed by atoms with Gasteiger partial charge in [0, 0.05) is 39.3 Å². The molecule has 0 bridgehead atoms. The third-order valence-electron chi connectivity index (χ3n) is 4.89. The SMILES string of the molecule is CCN1CCN(CCNC(=O)C2COc3ccccc3C2)CC1. The molecule has 2 aliphatic rings. The number of piperazine rings is 1. The van der Waals surface area contributed by atoms with E-state index in [1.165, 1.54) is 0 Å². The van der Waals surface area contributed by atoms with Gasteiger partial charge in [0.15, 0.2) is 0 Å².